The van der Waals surface area contributed by atoms with Crippen molar-refractivity contribution in [1.29, 1.82) is 0 Å². The number of hydrogen-bond donors (Lipinski definition) is 1. The standard InChI is InChI=1S/C21H23NO5/c1-3-17(16-7-5-4-6-8-16)21(24)27-14(2)20(23)22-12-15-9-10-18-19(11-15)26-13-25-18/h4-11,14,17H,3,12-13H2,1-2H3,(H,22,23)/t14-,17+/m1/s1. The number of esters is 1. The summed E-state index contributed by atoms with van der Waals surface area (Å²) in [4.78, 5) is 24.7. The number of hydrogen-bond acceptors (Lipinski definition) is 5. The fourth-order valence-corrected chi connectivity index (χ4v) is 2.92. The van der Waals surface area contributed by atoms with Gasteiger partial charge in [0.15, 0.2) is 17.6 Å². The van der Waals surface area contributed by atoms with Crippen LogP contribution in [0.25, 0.3) is 0 Å². The molecule has 1 aliphatic rings. The van der Waals surface area contributed by atoms with Crippen molar-refractivity contribution in [2.75, 3.05) is 6.79 Å². The van der Waals surface area contributed by atoms with E-state index in [-0.39, 0.29) is 18.6 Å². The predicted octanol–water partition coefficient (Wildman–Crippen LogP) is 3.16. The van der Waals surface area contributed by atoms with Gasteiger partial charge in [0, 0.05) is 6.54 Å². The van der Waals surface area contributed by atoms with Crippen LogP contribution in [0, 0.1) is 0 Å². The molecule has 0 bridgehead atoms. The highest BCUT2D eigenvalue weighted by Crippen LogP contribution is 2.32. The highest BCUT2D eigenvalue weighted by molar-refractivity contribution is 5.85. The number of amides is 1. The minimum atomic E-state index is -0.871. The lowest BCUT2D eigenvalue weighted by Gasteiger charge is -2.18. The first-order valence-electron chi connectivity index (χ1n) is 9.00. The molecule has 1 N–H and O–H groups in total. The first-order chi connectivity index (χ1) is 13.1. The average molecular weight is 369 g/mol. The molecule has 0 saturated heterocycles. The van der Waals surface area contributed by atoms with E-state index in [9.17, 15) is 9.59 Å². The maximum absolute atomic E-state index is 12.5. The first-order valence-corrected chi connectivity index (χ1v) is 9.00. The molecule has 1 amide bonds. The number of nitrogens with one attached hydrogen (secondary N) is 1. The molecule has 0 spiro atoms. The van der Waals surface area contributed by atoms with Crippen LogP contribution < -0.4 is 14.8 Å². The summed E-state index contributed by atoms with van der Waals surface area (Å²) < 4.78 is 16.0. The fraction of sp³-hybridized carbons (Fsp3) is 0.333. The highest BCUT2D eigenvalue weighted by Gasteiger charge is 2.25. The van der Waals surface area contributed by atoms with Gasteiger partial charge in [0.1, 0.15) is 0 Å². The van der Waals surface area contributed by atoms with Gasteiger partial charge in [-0.05, 0) is 36.6 Å². The zero-order valence-electron chi connectivity index (χ0n) is 15.4. The van der Waals surface area contributed by atoms with Crippen LogP contribution in [0.2, 0.25) is 0 Å². The van der Waals surface area contributed by atoms with Gasteiger partial charge in [-0.1, -0.05) is 43.3 Å². The number of fused-ring (bicyclic) bond motifs is 1. The van der Waals surface area contributed by atoms with Crippen molar-refractivity contribution in [3.05, 3.63) is 59.7 Å². The summed E-state index contributed by atoms with van der Waals surface area (Å²) >= 11 is 0. The summed E-state index contributed by atoms with van der Waals surface area (Å²) in [7, 11) is 0. The summed E-state index contributed by atoms with van der Waals surface area (Å²) in [5.74, 6) is 0.238. The van der Waals surface area contributed by atoms with Crippen molar-refractivity contribution in [3.63, 3.8) is 0 Å². The van der Waals surface area contributed by atoms with Gasteiger partial charge in [-0.15, -0.1) is 0 Å². The molecule has 1 heterocycles. The molecular formula is C21H23NO5. The van der Waals surface area contributed by atoms with Crippen LogP contribution >= 0.6 is 0 Å². The van der Waals surface area contributed by atoms with Gasteiger partial charge in [0.05, 0.1) is 5.92 Å². The molecule has 27 heavy (non-hydrogen) atoms. The molecule has 2 aromatic carbocycles. The first kappa shape index (κ1) is 18.8. The van der Waals surface area contributed by atoms with E-state index < -0.39 is 12.1 Å². The van der Waals surface area contributed by atoms with E-state index in [1.807, 2.05) is 49.4 Å². The second-order valence-corrected chi connectivity index (χ2v) is 6.36. The van der Waals surface area contributed by atoms with Gasteiger partial charge in [-0.2, -0.15) is 0 Å². The number of ether oxygens (including phenoxy) is 3. The van der Waals surface area contributed by atoms with Crippen LogP contribution in [0.1, 0.15) is 37.3 Å². The summed E-state index contributed by atoms with van der Waals surface area (Å²) in [6.45, 7) is 4.01. The lowest BCUT2D eigenvalue weighted by Crippen LogP contribution is -2.36. The Balaban J connectivity index is 1.53. The molecule has 142 valence electrons. The smallest absolute Gasteiger partial charge is 0.314 e. The van der Waals surface area contributed by atoms with Gasteiger partial charge in [0.25, 0.3) is 5.91 Å². The Kier molecular flexibility index (Phi) is 5.96. The number of rotatable bonds is 7. The van der Waals surface area contributed by atoms with Crippen LogP contribution in [-0.4, -0.2) is 24.8 Å². The summed E-state index contributed by atoms with van der Waals surface area (Å²) in [6, 6.07) is 14.9. The van der Waals surface area contributed by atoms with Crippen molar-refractivity contribution in [3.8, 4) is 11.5 Å². The predicted molar refractivity (Wildman–Crippen MR) is 99.4 cm³/mol. The molecule has 0 unspecified atom stereocenters. The van der Waals surface area contributed by atoms with E-state index in [2.05, 4.69) is 5.32 Å². The largest absolute Gasteiger partial charge is 0.454 e. The zero-order chi connectivity index (χ0) is 19.2. The third-order valence-corrected chi connectivity index (χ3v) is 4.46. The second-order valence-electron chi connectivity index (χ2n) is 6.36. The molecule has 0 radical (unpaired) electrons. The molecule has 3 rings (SSSR count). The molecule has 2 atom stereocenters. The zero-order valence-corrected chi connectivity index (χ0v) is 15.4. The van der Waals surface area contributed by atoms with E-state index in [0.717, 1.165) is 11.1 Å². The van der Waals surface area contributed by atoms with E-state index in [0.29, 0.717) is 24.5 Å². The van der Waals surface area contributed by atoms with Crippen molar-refractivity contribution in [1.82, 2.24) is 5.32 Å². The Hall–Kier alpha value is -3.02. The highest BCUT2D eigenvalue weighted by atomic mass is 16.7. The second kappa shape index (κ2) is 8.58. The maximum atomic E-state index is 12.5. The van der Waals surface area contributed by atoms with Crippen LogP contribution in [0.3, 0.4) is 0 Å². The van der Waals surface area contributed by atoms with E-state index in [1.54, 1.807) is 13.0 Å². The third kappa shape index (κ3) is 4.58. The molecule has 0 aliphatic carbocycles. The van der Waals surface area contributed by atoms with E-state index in [1.165, 1.54) is 0 Å². The Bertz CT molecular complexity index is 805. The van der Waals surface area contributed by atoms with Crippen LogP contribution in [0.4, 0.5) is 0 Å². The SMILES string of the molecule is CC[C@H](C(=O)O[C@H](C)C(=O)NCc1ccc2c(c1)OCO2)c1ccccc1. The summed E-state index contributed by atoms with van der Waals surface area (Å²) in [6.07, 6.45) is -0.266. The topological polar surface area (TPSA) is 73.9 Å². The van der Waals surface area contributed by atoms with Crippen LogP contribution in [0.5, 0.6) is 11.5 Å². The molecule has 2 aromatic rings. The number of carbonyl (C=O) groups is 2. The molecule has 6 heteroatoms. The van der Waals surface area contributed by atoms with Crippen molar-refractivity contribution < 1.29 is 23.8 Å². The summed E-state index contributed by atoms with van der Waals surface area (Å²) in [5, 5.41) is 2.78. The molecule has 0 fully saturated rings. The molecule has 0 saturated carbocycles. The monoisotopic (exact) mass is 369 g/mol. The van der Waals surface area contributed by atoms with E-state index >= 15 is 0 Å². The average Bonchev–Trinajstić information content (AvgIpc) is 3.15. The van der Waals surface area contributed by atoms with Crippen LogP contribution in [0.15, 0.2) is 48.5 Å². The van der Waals surface area contributed by atoms with Crippen molar-refractivity contribution in [2.45, 2.75) is 38.8 Å². The fourth-order valence-electron chi connectivity index (χ4n) is 2.92. The quantitative estimate of drug-likeness (QED) is 0.759. The van der Waals surface area contributed by atoms with Gasteiger partial charge in [0.2, 0.25) is 6.79 Å². The summed E-state index contributed by atoms with van der Waals surface area (Å²) in [5.41, 5.74) is 1.76. The van der Waals surface area contributed by atoms with Gasteiger partial charge < -0.3 is 19.5 Å². The normalized spacial score (nSPS) is 14.3. The van der Waals surface area contributed by atoms with Crippen molar-refractivity contribution >= 4 is 11.9 Å². The minimum absolute atomic E-state index is 0.206. The Morgan fingerprint density at radius 1 is 1.11 bits per heavy atom. The Labute approximate surface area is 158 Å². The lowest BCUT2D eigenvalue weighted by molar-refractivity contribution is -0.156. The maximum Gasteiger partial charge on any atom is 0.314 e. The minimum Gasteiger partial charge on any atom is -0.454 e. The molecule has 1 aliphatic heterocycles. The molecular weight excluding hydrogens is 346 g/mol. The van der Waals surface area contributed by atoms with Gasteiger partial charge in [-0.3, -0.25) is 9.59 Å². The van der Waals surface area contributed by atoms with Crippen LogP contribution in [-0.2, 0) is 20.9 Å². The van der Waals surface area contributed by atoms with Gasteiger partial charge >= 0.3 is 5.97 Å². The number of carbonyl (C=O) groups excluding carboxylic acids is 2. The van der Waals surface area contributed by atoms with Gasteiger partial charge in [-0.25, -0.2) is 0 Å². The Morgan fingerprint density at radius 2 is 1.85 bits per heavy atom. The van der Waals surface area contributed by atoms with Crippen molar-refractivity contribution in [2.24, 2.45) is 0 Å². The Morgan fingerprint density at radius 3 is 2.59 bits per heavy atom. The molecule has 0 aromatic heterocycles. The number of benzene rings is 2. The third-order valence-electron chi connectivity index (χ3n) is 4.46. The molecule has 6 nitrogen and oxygen atoms in total. The lowest BCUT2D eigenvalue weighted by atomic mass is 9.97. The van der Waals surface area contributed by atoms with E-state index in [4.69, 9.17) is 14.2 Å².